The molecular weight excluding hydrogens is 204 g/mol. The van der Waals surface area contributed by atoms with Gasteiger partial charge in [-0.3, -0.25) is 9.48 Å². The standard InChI is InChI=1S/C11H16N4O/c1-3-9-7-10(4-2)15(14-9)8-11(16)13-6-5-12/h7H,3-4,6,8H2,1-2H3,(H,13,16). The summed E-state index contributed by atoms with van der Waals surface area (Å²) in [6, 6.07) is 3.88. The largest absolute Gasteiger partial charge is 0.341 e. The molecule has 1 aromatic rings. The maximum atomic E-state index is 11.4. The number of hydrogen-bond donors (Lipinski definition) is 1. The minimum atomic E-state index is -0.179. The summed E-state index contributed by atoms with van der Waals surface area (Å²) in [5, 5.41) is 15.2. The molecule has 1 amide bonds. The van der Waals surface area contributed by atoms with E-state index in [9.17, 15) is 4.79 Å². The van der Waals surface area contributed by atoms with E-state index in [1.165, 1.54) is 0 Å². The van der Waals surface area contributed by atoms with E-state index >= 15 is 0 Å². The van der Waals surface area contributed by atoms with E-state index in [1.54, 1.807) is 4.68 Å². The van der Waals surface area contributed by atoms with Gasteiger partial charge in [-0.1, -0.05) is 13.8 Å². The molecule has 1 N–H and O–H groups in total. The number of rotatable bonds is 5. The van der Waals surface area contributed by atoms with Gasteiger partial charge in [-0.05, 0) is 18.9 Å². The van der Waals surface area contributed by atoms with Gasteiger partial charge in [-0.2, -0.15) is 10.4 Å². The van der Waals surface area contributed by atoms with E-state index < -0.39 is 0 Å². The minimum Gasteiger partial charge on any atom is -0.341 e. The Hall–Kier alpha value is -1.83. The van der Waals surface area contributed by atoms with Gasteiger partial charge in [-0.25, -0.2) is 0 Å². The van der Waals surface area contributed by atoms with Gasteiger partial charge < -0.3 is 5.32 Å². The molecule has 0 bridgehead atoms. The van der Waals surface area contributed by atoms with Crippen LogP contribution in [0.5, 0.6) is 0 Å². The summed E-state index contributed by atoms with van der Waals surface area (Å²) in [6.45, 7) is 4.29. The fourth-order valence-corrected chi connectivity index (χ4v) is 1.44. The van der Waals surface area contributed by atoms with Crippen LogP contribution in [0.4, 0.5) is 0 Å². The van der Waals surface area contributed by atoms with E-state index in [4.69, 9.17) is 5.26 Å². The number of aryl methyl sites for hydroxylation is 2. The third-order valence-electron chi connectivity index (χ3n) is 2.30. The molecule has 1 aromatic heterocycles. The van der Waals surface area contributed by atoms with Gasteiger partial charge in [0.2, 0.25) is 5.91 Å². The molecule has 0 spiro atoms. The zero-order valence-electron chi connectivity index (χ0n) is 9.66. The molecule has 0 atom stereocenters. The van der Waals surface area contributed by atoms with Crippen LogP contribution >= 0.6 is 0 Å². The molecule has 1 heterocycles. The second-order valence-electron chi connectivity index (χ2n) is 3.43. The Balaban J connectivity index is 2.68. The molecule has 5 heteroatoms. The summed E-state index contributed by atoms with van der Waals surface area (Å²) < 4.78 is 1.70. The number of carbonyl (C=O) groups is 1. The van der Waals surface area contributed by atoms with Crippen LogP contribution in [-0.2, 0) is 24.2 Å². The Bertz CT molecular complexity index is 403. The average molecular weight is 220 g/mol. The highest BCUT2D eigenvalue weighted by Gasteiger charge is 2.08. The number of nitrogens with one attached hydrogen (secondary N) is 1. The smallest absolute Gasteiger partial charge is 0.242 e. The first-order valence-electron chi connectivity index (χ1n) is 5.40. The molecule has 0 aliphatic heterocycles. The lowest BCUT2D eigenvalue weighted by molar-refractivity contribution is -0.121. The van der Waals surface area contributed by atoms with Crippen molar-refractivity contribution in [2.75, 3.05) is 6.54 Å². The quantitative estimate of drug-likeness (QED) is 0.740. The maximum absolute atomic E-state index is 11.4. The van der Waals surface area contributed by atoms with Gasteiger partial charge >= 0.3 is 0 Å². The maximum Gasteiger partial charge on any atom is 0.242 e. The van der Waals surface area contributed by atoms with Crippen LogP contribution in [0.25, 0.3) is 0 Å². The molecule has 86 valence electrons. The zero-order chi connectivity index (χ0) is 12.0. The van der Waals surface area contributed by atoms with E-state index in [0.717, 1.165) is 24.2 Å². The van der Waals surface area contributed by atoms with Crippen LogP contribution in [0.2, 0.25) is 0 Å². The number of hydrogen-bond acceptors (Lipinski definition) is 3. The summed E-state index contributed by atoms with van der Waals surface area (Å²) in [5.74, 6) is -0.179. The molecule has 0 saturated heterocycles. The predicted octanol–water partition coefficient (Wildman–Crippen LogP) is 0.648. The lowest BCUT2D eigenvalue weighted by atomic mass is 10.2. The van der Waals surface area contributed by atoms with E-state index in [-0.39, 0.29) is 19.0 Å². The van der Waals surface area contributed by atoms with Gasteiger partial charge in [0.1, 0.15) is 13.1 Å². The normalized spacial score (nSPS) is 9.81. The highest BCUT2D eigenvalue weighted by Crippen LogP contribution is 2.05. The van der Waals surface area contributed by atoms with Crippen molar-refractivity contribution in [3.63, 3.8) is 0 Å². The van der Waals surface area contributed by atoms with Crippen LogP contribution in [0.1, 0.15) is 25.2 Å². The molecule has 1 rings (SSSR count). The van der Waals surface area contributed by atoms with Crippen molar-refractivity contribution >= 4 is 5.91 Å². The summed E-state index contributed by atoms with van der Waals surface area (Å²) in [7, 11) is 0. The first kappa shape index (κ1) is 12.2. The summed E-state index contributed by atoms with van der Waals surface area (Å²) >= 11 is 0. The van der Waals surface area contributed by atoms with E-state index in [1.807, 2.05) is 26.0 Å². The number of nitrogens with zero attached hydrogens (tertiary/aromatic N) is 3. The fraction of sp³-hybridized carbons (Fsp3) is 0.545. The van der Waals surface area contributed by atoms with E-state index in [0.29, 0.717) is 0 Å². The lowest BCUT2D eigenvalue weighted by Crippen LogP contribution is -2.28. The van der Waals surface area contributed by atoms with Gasteiger partial charge in [0.05, 0.1) is 11.8 Å². The highest BCUT2D eigenvalue weighted by atomic mass is 16.2. The summed E-state index contributed by atoms with van der Waals surface area (Å²) in [4.78, 5) is 11.4. The van der Waals surface area contributed by atoms with Gasteiger partial charge in [0, 0.05) is 5.69 Å². The molecule has 0 aromatic carbocycles. The Morgan fingerprint density at radius 2 is 2.31 bits per heavy atom. The second kappa shape index (κ2) is 5.91. The molecule has 0 radical (unpaired) electrons. The van der Waals surface area contributed by atoms with Crippen molar-refractivity contribution in [3.05, 3.63) is 17.5 Å². The fourth-order valence-electron chi connectivity index (χ4n) is 1.44. The number of amides is 1. The van der Waals surface area contributed by atoms with E-state index in [2.05, 4.69) is 10.4 Å². The Kier molecular flexibility index (Phi) is 4.52. The monoisotopic (exact) mass is 220 g/mol. The van der Waals surface area contributed by atoms with Crippen molar-refractivity contribution in [1.82, 2.24) is 15.1 Å². The number of nitriles is 1. The first-order chi connectivity index (χ1) is 7.71. The SMILES string of the molecule is CCc1cc(CC)n(CC(=O)NCC#N)n1. The number of aromatic nitrogens is 2. The first-order valence-corrected chi connectivity index (χ1v) is 5.40. The van der Waals surface area contributed by atoms with Crippen LogP contribution in [0.15, 0.2) is 6.07 Å². The minimum absolute atomic E-state index is 0.0438. The topological polar surface area (TPSA) is 70.7 Å². The van der Waals surface area contributed by atoms with Crippen LogP contribution in [0.3, 0.4) is 0 Å². The predicted molar refractivity (Wildman–Crippen MR) is 59.6 cm³/mol. The van der Waals surface area contributed by atoms with Gasteiger partial charge in [-0.15, -0.1) is 0 Å². The Labute approximate surface area is 95.1 Å². The van der Waals surface area contributed by atoms with Crippen LogP contribution in [-0.4, -0.2) is 22.2 Å². The molecule has 0 fully saturated rings. The van der Waals surface area contributed by atoms with Gasteiger partial charge in [0.25, 0.3) is 0 Å². The molecule has 5 nitrogen and oxygen atoms in total. The molecule has 16 heavy (non-hydrogen) atoms. The molecular formula is C11H16N4O. The van der Waals surface area contributed by atoms with Crippen molar-refractivity contribution in [2.24, 2.45) is 0 Å². The summed E-state index contributed by atoms with van der Waals surface area (Å²) in [5.41, 5.74) is 2.04. The average Bonchev–Trinajstić information content (AvgIpc) is 2.68. The molecule has 0 aliphatic carbocycles. The summed E-state index contributed by atoms with van der Waals surface area (Å²) in [6.07, 6.45) is 1.71. The Morgan fingerprint density at radius 3 is 2.88 bits per heavy atom. The molecule has 0 saturated carbocycles. The van der Waals surface area contributed by atoms with Crippen molar-refractivity contribution in [2.45, 2.75) is 33.2 Å². The van der Waals surface area contributed by atoms with Crippen molar-refractivity contribution < 1.29 is 4.79 Å². The molecule has 0 aliphatic rings. The van der Waals surface area contributed by atoms with Crippen molar-refractivity contribution in [1.29, 1.82) is 5.26 Å². The Morgan fingerprint density at radius 1 is 1.56 bits per heavy atom. The third-order valence-corrected chi connectivity index (χ3v) is 2.30. The second-order valence-corrected chi connectivity index (χ2v) is 3.43. The molecule has 0 unspecified atom stereocenters. The van der Waals surface area contributed by atoms with Crippen LogP contribution in [0, 0.1) is 11.3 Å². The van der Waals surface area contributed by atoms with Crippen LogP contribution < -0.4 is 5.32 Å². The highest BCUT2D eigenvalue weighted by molar-refractivity contribution is 5.75. The number of carbonyl (C=O) groups excluding carboxylic acids is 1. The van der Waals surface area contributed by atoms with Crippen molar-refractivity contribution in [3.8, 4) is 6.07 Å². The van der Waals surface area contributed by atoms with Gasteiger partial charge in [0.15, 0.2) is 0 Å². The zero-order valence-corrected chi connectivity index (χ0v) is 9.66. The lowest BCUT2D eigenvalue weighted by Gasteiger charge is -2.04. The third kappa shape index (κ3) is 3.09.